The van der Waals surface area contributed by atoms with Crippen LogP contribution in [0.5, 0.6) is 17.2 Å². The number of nitrogens with one attached hydrogen (secondary N) is 3. The second kappa shape index (κ2) is 17.9. The standard InChI is InChI=1S/C47H42N4O6S/c1-5-51-39-22-13-12-21-36(39)37-29-34(23-24-40(37)51)49-47(54)44(31-15-8-6-9-16-31)58-35-20-14-19-33(28-35)48-46(53)38(50-45(52)32-17-10-7-11-18-32)25-30-26-41(55-2)43(57-4)42(27-30)56-3/h6-29,44H,5H2,1-4H3,(H,48,53)(H,49,54)(H,50,52)/b38-25+. The highest BCUT2D eigenvalue weighted by Crippen LogP contribution is 2.40. The van der Waals surface area contributed by atoms with E-state index in [0.29, 0.717) is 39.8 Å². The van der Waals surface area contributed by atoms with E-state index >= 15 is 0 Å². The lowest BCUT2D eigenvalue weighted by Crippen LogP contribution is -2.30. The van der Waals surface area contributed by atoms with E-state index in [2.05, 4.69) is 45.6 Å². The van der Waals surface area contributed by atoms with Crippen LogP contribution in [0.1, 0.15) is 33.7 Å². The molecular weight excluding hydrogens is 749 g/mol. The van der Waals surface area contributed by atoms with Crippen molar-refractivity contribution in [2.75, 3.05) is 32.0 Å². The molecule has 6 aromatic carbocycles. The van der Waals surface area contributed by atoms with Crippen molar-refractivity contribution in [2.45, 2.75) is 23.6 Å². The number of ether oxygens (including phenoxy) is 3. The molecule has 11 heteroatoms. The fraction of sp³-hybridized carbons (Fsp3) is 0.128. The lowest BCUT2D eigenvalue weighted by atomic mass is 10.1. The molecule has 0 bridgehead atoms. The van der Waals surface area contributed by atoms with Crippen LogP contribution in [0.3, 0.4) is 0 Å². The van der Waals surface area contributed by atoms with Gasteiger partial charge in [0.05, 0.1) is 21.3 Å². The van der Waals surface area contributed by atoms with E-state index in [9.17, 15) is 14.4 Å². The van der Waals surface area contributed by atoms with Gasteiger partial charge >= 0.3 is 0 Å². The van der Waals surface area contributed by atoms with E-state index in [-0.39, 0.29) is 11.6 Å². The molecule has 10 nitrogen and oxygen atoms in total. The Hall–Kier alpha value is -6.98. The average Bonchev–Trinajstić information content (AvgIpc) is 3.58. The van der Waals surface area contributed by atoms with Gasteiger partial charge in [-0.25, -0.2) is 0 Å². The first-order valence-electron chi connectivity index (χ1n) is 18.6. The maximum Gasteiger partial charge on any atom is 0.272 e. The summed E-state index contributed by atoms with van der Waals surface area (Å²) >= 11 is 1.36. The first-order valence-corrected chi connectivity index (χ1v) is 19.5. The lowest BCUT2D eigenvalue weighted by molar-refractivity contribution is -0.116. The molecule has 292 valence electrons. The van der Waals surface area contributed by atoms with Crippen molar-refractivity contribution < 1.29 is 28.6 Å². The first-order chi connectivity index (χ1) is 28.3. The molecular formula is C47H42N4O6S. The van der Waals surface area contributed by atoms with E-state index in [1.54, 1.807) is 60.7 Å². The molecule has 0 aliphatic carbocycles. The molecule has 7 rings (SSSR count). The molecule has 0 aliphatic heterocycles. The molecule has 3 N–H and O–H groups in total. The molecule has 0 aliphatic rings. The Morgan fingerprint density at radius 3 is 2.02 bits per heavy atom. The molecule has 1 aromatic heterocycles. The van der Waals surface area contributed by atoms with Crippen LogP contribution in [0.2, 0.25) is 0 Å². The van der Waals surface area contributed by atoms with Gasteiger partial charge in [-0.2, -0.15) is 0 Å². The minimum absolute atomic E-state index is 0.0262. The summed E-state index contributed by atoms with van der Waals surface area (Å²) in [6, 6.07) is 43.1. The fourth-order valence-corrected chi connectivity index (χ4v) is 7.94. The highest BCUT2D eigenvalue weighted by Gasteiger charge is 2.24. The smallest absolute Gasteiger partial charge is 0.272 e. The highest BCUT2D eigenvalue weighted by atomic mass is 32.2. The second-order valence-electron chi connectivity index (χ2n) is 13.2. The number of aryl methyl sites for hydroxylation is 1. The normalized spacial score (nSPS) is 11.8. The van der Waals surface area contributed by atoms with Crippen molar-refractivity contribution in [1.82, 2.24) is 9.88 Å². The van der Waals surface area contributed by atoms with Crippen LogP contribution in [0.15, 0.2) is 150 Å². The zero-order chi connectivity index (χ0) is 40.6. The van der Waals surface area contributed by atoms with Gasteiger partial charge in [-0.3, -0.25) is 14.4 Å². The number of thioether (sulfide) groups is 1. The van der Waals surface area contributed by atoms with Crippen molar-refractivity contribution in [3.05, 3.63) is 162 Å². The first kappa shape index (κ1) is 39.3. The van der Waals surface area contributed by atoms with Crippen molar-refractivity contribution in [3.63, 3.8) is 0 Å². The van der Waals surface area contributed by atoms with Crippen molar-refractivity contribution in [3.8, 4) is 17.2 Å². The van der Waals surface area contributed by atoms with Gasteiger partial charge in [0.2, 0.25) is 11.7 Å². The number of methoxy groups -OCH3 is 3. The van der Waals surface area contributed by atoms with Gasteiger partial charge in [0, 0.05) is 50.2 Å². The number of hydrogen-bond acceptors (Lipinski definition) is 7. The maximum atomic E-state index is 14.2. The Morgan fingerprint density at radius 2 is 1.33 bits per heavy atom. The summed E-state index contributed by atoms with van der Waals surface area (Å²) in [4.78, 5) is 42.3. The summed E-state index contributed by atoms with van der Waals surface area (Å²) in [7, 11) is 4.50. The van der Waals surface area contributed by atoms with Gasteiger partial charge in [0.25, 0.3) is 11.8 Å². The summed E-state index contributed by atoms with van der Waals surface area (Å²) in [5.41, 5.74) is 5.11. The number of para-hydroxylation sites is 1. The minimum Gasteiger partial charge on any atom is -0.493 e. The molecule has 0 fully saturated rings. The van der Waals surface area contributed by atoms with Crippen LogP contribution in [0.4, 0.5) is 11.4 Å². The van der Waals surface area contributed by atoms with Crippen molar-refractivity contribution in [1.29, 1.82) is 0 Å². The minimum atomic E-state index is -0.625. The summed E-state index contributed by atoms with van der Waals surface area (Å²) in [6.07, 6.45) is 1.53. The van der Waals surface area contributed by atoms with Crippen molar-refractivity contribution in [2.24, 2.45) is 0 Å². The fourth-order valence-electron chi connectivity index (χ4n) is 6.86. The number of anilines is 2. The van der Waals surface area contributed by atoms with Crippen LogP contribution in [0, 0.1) is 0 Å². The Kier molecular flexibility index (Phi) is 12.1. The van der Waals surface area contributed by atoms with Crippen molar-refractivity contribution >= 4 is 68.7 Å². The van der Waals surface area contributed by atoms with Gasteiger partial charge in [-0.1, -0.05) is 72.8 Å². The van der Waals surface area contributed by atoms with Crippen LogP contribution < -0.4 is 30.2 Å². The van der Waals surface area contributed by atoms with Crippen LogP contribution in [-0.4, -0.2) is 43.6 Å². The monoisotopic (exact) mass is 790 g/mol. The number of hydrogen-bond donors (Lipinski definition) is 3. The van der Waals surface area contributed by atoms with Crippen LogP contribution in [0.25, 0.3) is 27.9 Å². The van der Waals surface area contributed by atoms with Gasteiger partial charge in [-0.15, -0.1) is 11.8 Å². The summed E-state index contributed by atoms with van der Waals surface area (Å²) < 4.78 is 18.8. The second-order valence-corrected chi connectivity index (χ2v) is 14.4. The molecule has 3 amide bonds. The molecule has 0 radical (unpaired) electrons. The molecule has 0 spiro atoms. The Labute approximate surface area is 340 Å². The summed E-state index contributed by atoms with van der Waals surface area (Å²) in [5.74, 6) is -0.0756. The summed E-state index contributed by atoms with van der Waals surface area (Å²) in [6.45, 7) is 2.95. The molecule has 7 aromatic rings. The molecule has 0 saturated carbocycles. The van der Waals surface area contributed by atoms with Crippen LogP contribution >= 0.6 is 11.8 Å². The molecule has 1 unspecified atom stereocenters. The third-order valence-corrected chi connectivity index (χ3v) is 10.8. The third-order valence-electron chi connectivity index (χ3n) is 9.57. The number of carbonyl (C=O) groups is 3. The lowest BCUT2D eigenvalue weighted by Gasteiger charge is -2.18. The van der Waals surface area contributed by atoms with E-state index < -0.39 is 17.1 Å². The van der Waals surface area contributed by atoms with Gasteiger partial charge in [0.15, 0.2) is 11.5 Å². The number of carbonyl (C=O) groups excluding carboxylic acids is 3. The van der Waals surface area contributed by atoms with E-state index in [0.717, 1.165) is 38.8 Å². The van der Waals surface area contributed by atoms with Gasteiger partial charge < -0.3 is 34.7 Å². The van der Waals surface area contributed by atoms with E-state index in [1.165, 1.54) is 39.2 Å². The largest absolute Gasteiger partial charge is 0.493 e. The zero-order valence-electron chi connectivity index (χ0n) is 32.4. The quantitative estimate of drug-likeness (QED) is 0.0742. The number of aromatic nitrogens is 1. The molecule has 0 saturated heterocycles. The SMILES string of the molecule is CCn1c2ccccc2c2cc(NC(=O)C(Sc3cccc(NC(=O)/C(=C\c4cc(OC)c(OC)c(OC)c4)NC(=O)c4ccccc4)c3)c3ccccc3)ccc21. The molecule has 1 atom stereocenters. The number of amides is 3. The highest BCUT2D eigenvalue weighted by molar-refractivity contribution is 8.00. The number of rotatable bonds is 14. The van der Waals surface area contributed by atoms with Gasteiger partial charge in [-0.05, 0) is 90.9 Å². The molecule has 1 heterocycles. The maximum absolute atomic E-state index is 14.2. The van der Waals surface area contributed by atoms with E-state index in [4.69, 9.17) is 14.2 Å². The zero-order valence-corrected chi connectivity index (χ0v) is 33.3. The molecule has 58 heavy (non-hydrogen) atoms. The Morgan fingerprint density at radius 1 is 0.672 bits per heavy atom. The number of nitrogens with zero attached hydrogens (tertiary/aromatic N) is 1. The predicted molar refractivity (Wildman–Crippen MR) is 232 cm³/mol. The summed E-state index contributed by atoms with van der Waals surface area (Å²) in [5, 5.41) is 10.5. The Balaban J connectivity index is 1.16. The number of fused-ring (bicyclic) bond motifs is 3. The van der Waals surface area contributed by atoms with E-state index in [1.807, 2.05) is 60.7 Å². The van der Waals surface area contributed by atoms with Crippen LogP contribution in [-0.2, 0) is 16.1 Å². The Bertz CT molecular complexity index is 2620. The number of benzene rings is 6. The topological polar surface area (TPSA) is 120 Å². The third kappa shape index (κ3) is 8.54. The predicted octanol–water partition coefficient (Wildman–Crippen LogP) is 9.72. The van der Waals surface area contributed by atoms with Gasteiger partial charge in [0.1, 0.15) is 10.9 Å². The average molecular weight is 791 g/mol.